The van der Waals surface area contributed by atoms with Gasteiger partial charge in [0.15, 0.2) is 0 Å². The van der Waals surface area contributed by atoms with Crippen molar-refractivity contribution in [3.8, 4) is 0 Å². The van der Waals surface area contributed by atoms with Crippen LogP contribution in [0.5, 0.6) is 0 Å². The van der Waals surface area contributed by atoms with Gasteiger partial charge in [0.05, 0.1) is 0 Å². The first kappa shape index (κ1) is 10.7. The van der Waals surface area contributed by atoms with Gasteiger partial charge in [0.25, 0.3) is 0 Å². The van der Waals surface area contributed by atoms with E-state index in [1.54, 1.807) is 0 Å². The molecule has 0 bridgehead atoms. The van der Waals surface area contributed by atoms with Crippen LogP contribution in [0.25, 0.3) is 0 Å². The fourth-order valence-electron chi connectivity index (χ4n) is 2.35. The lowest BCUT2D eigenvalue weighted by atomic mass is 10.1. The molecule has 1 aromatic rings. The van der Waals surface area contributed by atoms with Crippen molar-refractivity contribution in [2.75, 3.05) is 6.54 Å². The predicted molar refractivity (Wildman–Crippen MR) is 64.8 cm³/mol. The topological polar surface area (TPSA) is 3.01 Å². The molecular formula is C14H21N. The molecule has 0 saturated carbocycles. The molecule has 3 unspecified atom stereocenters. The van der Waals surface area contributed by atoms with Gasteiger partial charge in [0, 0.05) is 18.6 Å². The minimum Gasteiger partial charge on any atom is -0.291 e. The second kappa shape index (κ2) is 4.36. The Hall–Kier alpha value is -0.820. The Kier molecular flexibility index (Phi) is 3.11. The third-order valence-electron chi connectivity index (χ3n) is 3.28. The van der Waals surface area contributed by atoms with Crippen LogP contribution in [-0.2, 0) is 0 Å². The summed E-state index contributed by atoms with van der Waals surface area (Å²) in [7, 11) is 0. The number of benzene rings is 1. The molecule has 2 rings (SSSR count). The predicted octanol–water partition coefficient (Wildman–Crippen LogP) is 3.48. The molecule has 1 nitrogen and oxygen atoms in total. The Bertz CT molecular complexity index is 304. The van der Waals surface area contributed by atoms with Crippen molar-refractivity contribution in [2.24, 2.45) is 5.92 Å². The Balaban J connectivity index is 1.92. The van der Waals surface area contributed by atoms with E-state index in [9.17, 15) is 0 Å². The zero-order valence-corrected chi connectivity index (χ0v) is 9.98. The molecule has 1 heterocycles. The smallest absolute Gasteiger partial charge is 0.0324 e. The molecule has 0 spiro atoms. The van der Waals surface area contributed by atoms with Crippen molar-refractivity contribution in [1.82, 2.24) is 4.90 Å². The third kappa shape index (κ3) is 2.60. The molecule has 0 aromatic heterocycles. The summed E-state index contributed by atoms with van der Waals surface area (Å²) >= 11 is 0. The lowest BCUT2D eigenvalue weighted by molar-refractivity contribution is 0.380. The summed E-state index contributed by atoms with van der Waals surface area (Å²) < 4.78 is 0. The van der Waals surface area contributed by atoms with Gasteiger partial charge in [-0.3, -0.25) is 4.90 Å². The van der Waals surface area contributed by atoms with E-state index in [0.717, 1.165) is 12.0 Å². The van der Waals surface area contributed by atoms with Crippen LogP contribution in [0.2, 0.25) is 0 Å². The van der Waals surface area contributed by atoms with Crippen molar-refractivity contribution in [1.29, 1.82) is 0 Å². The van der Waals surface area contributed by atoms with Gasteiger partial charge in [0.1, 0.15) is 0 Å². The van der Waals surface area contributed by atoms with Gasteiger partial charge < -0.3 is 0 Å². The van der Waals surface area contributed by atoms with Crippen molar-refractivity contribution in [3.63, 3.8) is 0 Å². The highest BCUT2D eigenvalue weighted by Gasteiger charge is 2.37. The van der Waals surface area contributed by atoms with Crippen molar-refractivity contribution >= 4 is 0 Å². The first-order valence-electron chi connectivity index (χ1n) is 5.99. The second-order valence-corrected chi connectivity index (χ2v) is 5.07. The maximum atomic E-state index is 2.59. The molecule has 0 N–H and O–H groups in total. The SMILES string of the molecule is CC(C)CC1CN1C(C)c1ccccc1. The largest absolute Gasteiger partial charge is 0.291 e. The summed E-state index contributed by atoms with van der Waals surface area (Å²) in [5.74, 6) is 0.822. The van der Waals surface area contributed by atoms with Gasteiger partial charge in [-0.1, -0.05) is 44.2 Å². The monoisotopic (exact) mass is 203 g/mol. The average Bonchev–Trinajstić information content (AvgIpc) is 2.96. The quantitative estimate of drug-likeness (QED) is 0.677. The van der Waals surface area contributed by atoms with Gasteiger partial charge in [-0.25, -0.2) is 0 Å². The van der Waals surface area contributed by atoms with E-state index in [1.807, 2.05) is 0 Å². The average molecular weight is 203 g/mol. The number of hydrogen-bond donors (Lipinski definition) is 0. The van der Waals surface area contributed by atoms with E-state index in [1.165, 1.54) is 18.5 Å². The Morgan fingerprint density at radius 3 is 2.47 bits per heavy atom. The lowest BCUT2D eigenvalue weighted by Crippen LogP contribution is -2.09. The third-order valence-corrected chi connectivity index (χ3v) is 3.28. The molecule has 15 heavy (non-hydrogen) atoms. The zero-order valence-electron chi connectivity index (χ0n) is 9.98. The van der Waals surface area contributed by atoms with E-state index >= 15 is 0 Å². The van der Waals surface area contributed by atoms with Crippen LogP contribution in [0.3, 0.4) is 0 Å². The summed E-state index contributed by atoms with van der Waals surface area (Å²) in [4.78, 5) is 2.59. The van der Waals surface area contributed by atoms with Gasteiger partial charge in [-0.15, -0.1) is 0 Å². The molecule has 0 radical (unpaired) electrons. The Morgan fingerprint density at radius 1 is 1.20 bits per heavy atom. The first-order chi connectivity index (χ1) is 7.18. The molecule has 1 aliphatic heterocycles. The highest BCUT2D eigenvalue weighted by atomic mass is 15.3. The molecule has 82 valence electrons. The fraction of sp³-hybridized carbons (Fsp3) is 0.571. The van der Waals surface area contributed by atoms with Crippen LogP contribution < -0.4 is 0 Å². The zero-order chi connectivity index (χ0) is 10.8. The van der Waals surface area contributed by atoms with Crippen molar-refractivity contribution in [3.05, 3.63) is 35.9 Å². The van der Waals surface area contributed by atoms with Crippen molar-refractivity contribution in [2.45, 2.75) is 39.3 Å². The van der Waals surface area contributed by atoms with Crippen molar-refractivity contribution < 1.29 is 0 Å². The maximum Gasteiger partial charge on any atom is 0.0324 e. The summed E-state index contributed by atoms with van der Waals surface area (Å²) in [6.45, 7) is 8.22. The van der Waals surface area contributed by atoms with Crippen LogP contribution in [-0.4, -0.2) is 17.5 Å². The normalized spacial score (nSPS) is 26.7. The van der Waals surface area contributed by atoms with Crippen LogP contribution in [0.1, 0.15) is 38.8 Å². The van der Waals surface area contributed by atoms with Gasteiger partial charge in [-0.05, 0) is 24.8 Å². The lowest BCUT2D eigenvalue weighted by Gasteiger charge is -2.15. The molecule has 0 aliphatic carbocycles. The van der Waals surface area contributed by atoms with Crippen LogP contribution in [0.4, 0.5) is 0 Å². The van der Waals surface area contributed by atoms with E-state index in [2.05, 4.69) is 56.0 Å². The number of nitrogens with zero attached hydrogens (tertiary/aromatic N) is 1. The van der Waals surface area contributed by atoms with Crippen LogP contribution in [0, 0.1) is 5.92 Å². The number of rotatable bonds is 4. The number of hydrogen-bond acceptors (Lipinski definition) is 1. The first-order valence-corrected chi connectivity index (χ1v) is 5.99. The van der Waals surface area contributed by atoms with E-state index in [0.29, 0.717) is 6.04 Å². The molecule has 1 aromatic carbocycles. The highest BCUT2D eigenvalue weighted by Crippen LogP contribution is 2.34. The van der Waals surface area contributed by atoms with Crippen LogP contribution in [0.15, 0.2) is 30.3 Å². The molecule has 1 saturated heterocycles. The Morgan fingerprint density at radius 2 is 1.87 bits per heavy atom. The highest BCUT2D eigenvalue weighted by molar-refractivity contribution is 5.20. The molecule has 1 aliphatic rings. The minimum absolute atomic E-state index is 0.593. The van der Waals surface area contributed by atoms with E-state index in [4.69, 9.17) is 0 Å². The summed E-state index contributed by atoms with van der Waals surface area (Å²) in [5, 5.41) is 0. The molecule has 1 fully saturated rings. The summed E-state index contributed by atoms with van der Waals surface area (Å²) in [6.07, 6.45) is 1.34. The van der Waals surface area contributed by atoms with Crippen LogP contribution >= 0.6 is 0 Å². The van der Waals surface area contributed by atoms with Gasteiger partial charge >= 0.3 is 0 Å². The van der Waals surface area contributed by atoms with Gasteiger partial charge in [-0.2, -0.15) is 0 Å². The van der Waals surface area contributed by atoms with Gasteiger partial charge in [0.2, 0.25) is 0 Å². The fourth-order valence-corrected chi connectivity index (χ4v) is 2.35. The minimum atomic E-state index is 0.593. The maximum absolute atomic E-state index is 2.59. The second-order valence-electron chi connectivity index (χ2n) is 5.07. The molecule has 0 amide bonds. The molecule has 3 atom stereocenters. The van der Waals surface area contributed by atoms with E-state index < -0.39 is 0 Å². The van der Waals surface area contributed by atoms with E-state index in [-0.39, 0.29) is 0 Å². The standard InChI is InChI=1S/C14H21N/c1-11(2)9-14-10-15(14)12(3)13-7-5-4-6-8-13/h4-8,11-12,14H,9-10H2,1-3H3. The summed E-state index contributed by atoms with van der Waals surface area (Å²) in [6, 6.07) is 12.2. The Labute approximate surface area is 93.1 Å². The molecule has 1 heteroatoms. The summed E-state index contributed by atoms with van der Waals surface area (Å²) in [5.41, 5.74) is 1.45. The molecular weight excluding hydrogens is 182 g/mol.